The van der Waals surface area contributed by atoms with Crippen LogP contribution in [0.1, 0.15) is 198 Å². The summed E-state index contributed by atoms with van der Waals surface area (Å²) in [5.41, 5.74) is 13.7. The van der Waals surface area contributed by atoms with E-state index in [0.29, 0.717) is 0 Å². The van der Waals surface area contributed by atoms with Gasteiger partial charge in [0.2, 0.25) is 0 Å². The Kier molecular flexibility index (Phi) is 14.4. The Morgan fingerprint density at radius 2 is 0.797 bits per heavy atom. The second-order valence-corrected chi connectivity index (χ2v) is 22.1. The van der Waals surface area contributed by atoms with Gasteiger partial charge in [0.15, 0.2) is 0 Å². The Balaban J connectivity index is 0.000000184. The van der Waals surface area contributed by atoms with Gasteiger partial charge in [-0.15, -0.1) is 0 Å². The van der Waals surface area contributed by atoms with E-state index in [-0.39, 0.29) is 69.0 Å². The number of para-hydroxylation sites is 2. The van der Waals surface area contributed by atoms with E-state index in [4.69, 9.17) is 0 Å². The van der Waals surface area contributed by atoms with Crippen molar-refractivity contribution in [2.45, 2.75) is 169 Å². The number of rotatable bonds is 7. The lowest BCUT2D eigenvalue weighted by Crippen LogP contribution is -2.32. The molecule has 0 spiro atoms. The molecule has 1 unspecified atom stereocenters. The molecule has 3 aliphatic rings. The lowest BCUT2D eigenvalue weighted by molar-refractivity contribution is -0.121. The van der Waals surface area contributed by atoms with Crippen molar-refractivity contribution < 1.29 is 19.2 Å². The second kappa shape index (κ2) is 18.6. The van der Waals surface area contributed by atoms with Crippen molar-refractivity contribution in [3.05, 3.63) is 153 Å². The first-order chi connectivity index (χ1) is 29.6. The smallest absolute Gasteiger partial charge is 0.258 e. The highest BCUT2D eigenvalue weighted by Crippen LogP contribution is 2.54. The van der Waals surface area contributed by atoms with Crippen LogP contribution >= 0.6 is 0 Å². The number of imide groups is 2. The van der Waals surface area contributed by atoms with Crippen LogP contribution in [0, 0.1) is 0 Å². The lowest BCUT2D eigenvalue weighted by Gasteiger charge is -2.30. The molecule has 0 bridgehead atoms. The molecule has 4 amide bonds. The highest BCUT2D eigenvalue weighted by Gasteiger charge is 2.46. The first-order valence-electron chi connectivity index (χ1n) is 23.3. The van der Waals surface area contributed by atoms with Gasteiger partial charge in [0.05, 0.1) is 11.4 Å². The summed E-state index contributed by atoms with van der Waals surface area (Å²) in [6.45, 7) is 37.7. The number of anilines is 2. The number of hydrogen-bond acceptors (Lipinski definition) is 4. The number of fused-ring (bicyclic) bond motifs is 1. The molecule has 6 heteroatoms. The summed E-state index contributed by atoms with van der Waals surface area (Å²) in [5.74, 6) is 0.0367. The molecule has 0 saturated heterocycles. The quantitative estimate of drug-likeness (QED) is 0.173. The fourth-order valence-corrected chi connectivity index (χ4v) is 9.49. The summed E-state index contributed by atoms with van der Waals surface area (Å²) in [7, 11) is 0. The van der Waals surface area contributed by atoms with Crippen LogP contribution in [0.5, 0.6) is 0 Å². The van der Waals surface area contributed by atoms with E-state index in [1.165, 1.54) is 61.9 Å². The summed E-state index contributed by atoms with van der Waals surface area (Å²) in [6, 6.07) is 28.5. The molecule has 7 rings (SSSR count). The third kappa shape index (κ3) is 10.1. The van der Waals surface area contributed by atoms with Gasteiger partial charge in [-0.05, 0) is 96.4 Å². The Morgan fingerprint density at radius 1 is 0.453 bits per heavy atom. The van der Waals surface area contributed by atoms with Gasteiger partial charge in [-0.1, -0.05) is 197 Å². The van der Waals surface area contributed by atoms with E-state index in [1.54, 1.807) is 0 Å². The fraction of sp³-hybridized carbons (Fsp3) is 0.448. The van der Waals surface area contributed by atoms with Crippen molar-refractivity contribution in [2.24, 2.45) is 0 Å². The van der Waals surface area contributed by atoms with Gasteiger partial charge in [-0.2, -0.15) is 0 Å². The molecular weight excluding hydrogens is 789 g/mol. The molecule has 0 fully saturated rings. The van der Waals surface area contributed by atoms with Gasteiger partial charge in [-0.25, -0.2) is 9.80 Å². The highest BCUT2D eigenvalue weighted by atomic mass is 16.2. The second-order valence-electron chi connectivity index (χ2n) is 22.1. The standard InChI is InChI=1S/C26H36.2C16H19NO2/c1-23(2,3)18-11-10-12-20(15-18)26(9)17-25(7,8)22-16-19(24(4,5)6)13-14-21(22)26;2*1-10(2)12-6-5-7-13(11(3)4)16(12)17-14(18)8-9-15(17)19/h10-16H,17H2,1-9H3;2*5-11H,1-4H3. The monoisotopic (exact) mass is 863 g/mol. The van der Waals surface area contributed by atoms with E-state index >= 15 is 0 Å². The van der Waals surface area contributed by atoms with Crippen molar-refractivity contribution in [3.8, 4) is 0 Å². The molecule has 1 atom stereocenters. The molecular formula is C58H74N2O4. The maximum Gasteiger partial charge on any atom is 0.258 e. The van der Waals surface area contributed by atoms with Gasteiger partial charge in [0.1, 0.15) is 0 Å². The number of nitrogens with zero attached hydrogens (tertiary/aromatic N) is 2. The number of carbonyl (C=O) groups is 4. The highest BCUT2D eigenvalue weighted by molar-refractivity contribution is 6.29. The maximum absolute atomic E-state index is 12.0. The van der Waals surface area contributed by atoms with Crippen LogP contribution < -0.4 is 9.80 Å². The Hall–Kier alpha value is -5.36. The third-order valence-corrected chi connectivity index (χ3v) is 13.1. The fourth-order valence-electron chi connectivity index (χ4n) is 9.49. The summed E-state index contributed by atoms with van der Waals surface area (Å²) >= 11 is 0. The van der Waals surface area contributed by atoms with Crippen molar-refractivity contribution in [1.82, 2.24) is 0 Å². The summed E-state index contributed by atoms with van der Waals surface area (Å²) < 4.78 is 0. The van der Waals surface area contributed by atoms with Gasteiger partial charge in [0.25, 0.3) is 23.6 Å². The van der Waals surface area contributed by atoms with Crippen molar-refractivity contribution in [1.29, 1.82) is 0 Å². The lowest BCUT2D eigenvalue weighted by atomic mass is 9.73. The van der Waals surface area contributed by atoms with Crippen molar-refractivity contribution >= 4 is 35.0 Å². The normalized spacial score (nSPS) is 18.1. The summed E-state index contributed by atoms with van der Waals surface area (Å²) in [5, 5.41) is 0. The Morgan fingerprint density at radius 3 is 1.14 bits per heavy atom. The van der Waals surface area contributed by atoms with Gasteiger partial charge >= 0.3 is 0 Å². The predicted octanol–water partition coefficient (Wildman–Crippen LogP) is 14.0. The Bertz CT molecular complexity index is 2290. The molecule has 0 aromatic heterocycles. The molecule has 0 saturated carbocycles. The van der Waals surface area contributed by atoms with Crippen LogP contribution in [0.25, 0.3) is 0 Å². The largest absolute Gasteiger partial charge is 0.269 e. The van der Waals surface area contributed by atoms with Crippen LogP contribution in [0.4, 0.5) is 11.4 Å². The third-order valence-electron chi connectivity index (χ3n) is 13.1. The van der Waals surface area contributed by atoms with E-state index in [2.05, 4.69) is 160 Å². The van der Waals surface area contributed by atoms with Crippen LogP contribution in [0.2, 0.25) is 0 Å². The molecule has 4 aromatic rings. The topological polar surface area (TPSA) is 74.8 Å². The van der Waals surface area contributed by atoms with E-state index in [1.807, 2.05) is 36.4 Å². The zero-order chi connectivity index (χ0) is 47.9. The van der Waals surface area contributed by atoms with Gasteiger partial charge < -0.3 is 0 Å². The van der Waals surface area contributed by atoms with Crippen LogP contribution in [0.3, 0.4) is 0 Å². The molecule has 6 nitrogen and oxygen atoms in total. The number of carbonyl (C=O) groups excluding carboxylic acids is 4. The minimum atomic E-state index is -0.250. The van der Waals surface area contributed by atoms with Crippen LogP contribution in [-0.2, 0) is 40.8 Å². The predicted molar refractivity (Wildman–Crippen MR) is 267 cm³/mol. The van der Waals surface area contributed by atoms with Gasteiger partial charge in [0, 0.05) is 29.7 Å². The SMILES string of the molecule is CC(C)(C)c1cccc(C2(C)CC(C)(C)c3cc(C(C)(C)C)ccc32)c1.CC(C)c1cccc(C(C)C)c1N1C(=O)C=CC1=O.CC(C)c1cccc(C(C)C)c1N1C(=O)C=CC1=O. The van der Waals surface area contributed by atoms with Crippen molar-refractivity contribution in [3.63, 3.8) is 0 Å². The zero-order valence-corrected chi connectivity index (χ0v) is 41.9. The summed E-state index contributed by atoms with van der Waals surface area (Å²) in [6.07, 6.45) is 6.51. The number of amides is 4. The first-order valence-corrected chi connectivity index (χ1v) is 23.3. The minimum absolute atomic E-state index is 0.0799. The van der Waals surface area contributed by atoms with Crippen LogP contribution in [0.15, 0.2) is 103 Å². The van der Waals surface area contributed by atoms with E-state index in [0.717, 1.165) is 40.0 Å². The Labute approximate surface area is 385 Å². The number of hydrogen-bond donors (Lipinski definition) is 0. The molecule has 340 valence electrons. The molecule has 4 aromatic carbocycles. The molecule has 2 aliphatic heterocycles. The molecule has 2 heterocycles. The van der Waals surface area contributed by atoms with E-state index in [9.17, 15) is 19.2 Å². The average molecular weight is 863 g/mol. The minimum Gasteiger partial charge on any atom is -0.269 e. The van der Waals surface area contributed by atoms with Crippen molar-refractivity contribution in [2.75, 3.05) is 9.80 Å². The number of benzene rings is 4. The first kappa shape index (κ1) is 49.7. The van der Waals surface area contributed by atoms with Crippen LogP contribution in [-0.4, -0.2) is 23.6 Å². The molecule has 64 heavy (non-hydrogen) atoms. The zero-order valence-electron chi connectivity index (χ0n) is 41.9. The maximum atomic E-state index is 12.0. The molecule has 0 radical (unpaired) electrons. The molecule has 0 N–H and O–H groups in total. The summed E-state index contributed by atoms with van der Waals surface area (Å²) in [4.78, 5) is 50.4. The van der Waals surface area contributed by atoms with E-state index < -0.39 is 0 Å². The molecule has 1 aliphatic carbocycles. The van der Waals surface area contributed by atoms with Gasteiger partial charge in [-0.3, -0.25) is 19.2 Å². The average Bonchev–Trinajstić information content (AvgIpc) is 3.80.